The Labute approximate surface area is 150 Å². The van der Waals surface area contributed by atoms with Crippen LogP contribution in [0.1, 0.15) is 30.5 Å². The Bertz CT molecular complexity index is 906. The topological polar surface area (TPSA) is 3.24 Å². The minimum atomic E-state index is -0.0745. The Morgan fingerprint density at radius 3 is 2.16 bits per heavy atom. The lowest BCUT2D eigenvalue weighted by molar-refractivity contribution is 0.639. The molecule has 1 aliphatic rings. The first-order valence-electron chi connectivity index (χ1n) is 8.86. The number of hydrogen-bond acceptors (Lipinski definition) is 1. The highest BCUT2D eigenvalue weighted by Gasteiger charge is 2.29. The highest BCUT2D eigenvalue weighted by atomic mass is 15.1. The number of anilines is 2. The fourth-order valence-corrected chi connectivity index (χ4v) is 3.83. The van der Waals surface area contributed by atoms with Gasteiger partial charge in [0.25, 0.3) is 0 Å². The first-order valence-corrected chi connectivity index (χ1v) is 8.86. The third-order valence-electron chi connectivity index (χ3n) is 5.16. The fraction of sp³-hybridized carbons (Fsp3) is 0.167. The second-order valence-electron chi connectivity index (χ2n) is 7.08. The van der Waals surface area contributed by atoms with Gasteiger partial charge in [-0.3, -0.25) is 0 Å². The summed E-state index contributed by atoms with van der Waals surface area (Å²) in [6, 6.07) is 28.2. The van der Waals surface area contributed by atoms with Crippen LogP contribution in [0, 0.1) is 0 Å². The van der Waals surface area contributed by atoms with Crippen molar-refractivity contribution in [3.8, 4) is 0 Å². The van der Waals surface area contributed by atoms with E-state index in [4.69, 9.17) is 0 Å². The molecule has 0 N–H and O–H groups in total. The molecule has 124 valence electrons. The van der Waals surface area contributed by atoms with Gasteiger partial charge in [0, 0.05) is 23.3 Å². The zero-order chi connectivity index (χ0) is 17.3. The van der Waals surface area contributed by atoms with E-state index in [0.717, 1.165) is 6.54 Å². The van der Waals surface area contributed by atoms with Gasteiger partial charge in [-0.15, -0.1) is 0 Å². The minimum absolute atomic E-state index is 0.0745. The van der Waals surface area contributed by atoms with Crippen LogP contribution in [0.2, 0.25) is 0 Å². The second kappa shape index (κ2) is 6.25. The number of fused-ring (bicyclic) bond motifs is 2. The van der Waals surface area contributed by atoms with E-state index in [1.165, 1.54) is 28.1 Å². The lowest BCUT2D eigenvalue weighted by Crippen LogP contribution is -2.25. The normalized spacial score (nSPS) is 16.8. The summed E-state index contributed by atoms with van der Waals surface area (Å²) in [6.07, 6.45) is 4.53. The van der Waals surface area contributed by atoms with Crippen molar-refractivity contribution < 1.29 is 0 Å². The summed E-state index contributed by atoms with van der Waals surface area (Å²) in [6.45, 7) is 5.51. The molecule has 0 amide bonds. The van der Waals surface area contributed by atoms with Crippen molar-refractivity contribution in [1.82, 2.24) is 0 Å². The first kappa shape index (κ1) is 15.7. The average molecular weight is 325 g/mol. The summed E-state index contributed by atoms with van der Waals surface area (Å²) >= 11 is 0. The van der Waals surface area contributed by atoms with Gasteiger partial charge in [0.05, 0.1) is 0 Å². The number of nitrogens with zero attached hydrogens (tertiary/aromatic N) is 1. The molecular formula is C24H23N. The van der Waals surface area contributed by atoms with E-state index in [0.29, 0.717) is 0 Å². The molecule has 0 aromatic heterocycles. The summed E-state index contributed by atoms with van der Waals surface area (Å²) < 4.78 is 0. The third kappa shape index (κ3) is 2.76. The molecule has 1 nitrogen and oxygen atoms in total. The van der Waals surface area contributed by atoms with E-state index in [2.05, 4.69) is 110 Å². The van der Waals surface area contributed by atoms with Crippen molar-refractivity contribution in [3.05, 3.63) is 102 Å². The van der Waals surface area contributed by atoms with Crippen LogP contribution in [-0.4, -0.2) is 6.54 Å². The summed E-state index contributed by atoms with van der Waals surface area (Å²) in [5, 5.41) is 0. The van der Waals surface area contributed by atoms with Crippen LogP contribution < -0.4 is 4.90 Å². The summed E-state index contributed by atoms with van der Waals surface area (Å²) in [4.78, 5) is 2.40. The molecule has 25 heavy (non-hydrogen) atoms. The predicted octanol–water partition coefficient (Wildman–Crippen LogP) is 6.18. The van der Waals surface area contributed by atoms with E-state index in [1.54, 1.807) is 0 Å². The van der Waals surface area contributed by atoms with Gasteiger partial charge in [0.1, 0.15) is 0 Å². The molecule has 0 aliphatic carbocycles. The second-order valence-corrected chi connectivity index (χ2v) is 7.08. The molecule has 1 aliphatic heterocycles. The molecule has 0 fully saturated rings. The molecule has 0 saturated heterocycles. The molecule has 3 aromatic carbocycles. The van der Waals surface area contributed by atoms with Crippen molar-refractivity contribution in [3.63, 3.8) is 0 Å². The molecule has 0 saturated carbocycles. The van der Waals surface area contributed by atoms with Crippen LogP contribution in [0.3, 0.4) is 0 Å². The van der Waals surface area contributed by atoms with Crippen LogP contribution in [0.25, 0.3) is 6.08 Å². The number of hydrogen-bond donors (Lipinski definition) is 0. The smallest absolute Gasteiger partial charge is 0.0455 e. The molecule has 0 bridgehead atoms. The SMILES string of the molecule is CC1(C)c2ccccc2/C=C\CN(c2ccccc2)c2ccccc21. The molecule has 3 aromatic rings. The van der Waals surface area contributed by atoms with Crippen LogP contribution >= 0.6 is 0 Å². The average Bonchev–Trinajstić information content (AvgIpc) is 2.70. The van der Waals surface area contributed by atoms with E-state index >= 15 is 0 Å². The van der Waals surface area contributed by atoms with Gasteiger partial charge in [0.2, 0.25) is 0 Å². The van der Waals surface area contributed by atoms with E-state index in [9.17, 15) is 0 Å². The van der Waals surface area contributed by atoms with Crippen LogP contribution in [0.4, 0.5) is 11.4 Å². The Balaban J connectivity index is 1.97. The van der Waals surface area contributed by atoms with Gasteiger partial charge in [-0.1, -0.05) is 86.7 Å². The van der Waals surface area contributed by atoms with Crippen LogP contribution in [-0.2, 0) is 5.41 Å². The number of para-hydroxylation sites is 2. The van der Waals surface area contributed by atoms with Crippen LogP contribution in [0.15, 0.2) is 84.9 Å². The van der Waals surface area contributed by atoms with Gasteiger partial charge in [-0.2, -0.15) is 0 Å². The lowest BCUT2D eigenvalue weighted by Gasteiger charge is -2.33. The van der Waals surface area contributed by atoms with Gasteiger partial charge in [-0.25, -0.2) is 0 Å². The highest BCUT2D eigenvalue weighted by Crippen LogP contribution is 2.41. The highest BCUT2D eigenvalue weighted by molar-refractivity contribution is 5.72. The van der Waals surface area contributed by atoms with Crippen molar-refractivity contribution >= 4 is 17.5 Å². The Hall–Kier alpha value is -2.80. The molecule has 0 spiro atoms. The van der Waals surface area contributed by atoms with E-state index in [1.807, 2.05) is 0 Å². The summed E-state index contributed by atoms with van der Waals surface area (Å²) in [5.74, 6) is 0. The van der Waals surface area contributed by atoms with Crippen LogP contribution in [0.5, 0.6) is 0 Å². The molecule has 4 rings (SSSR count). The predicted molar refractivity (Wildman–Crippen MR) is 107 cm³/mol. The maximum atomic E-state index is 2.40. The molecule has 0 radical (unpaired) electrons. The molecule has 0 unspecified atom stereocenters. The van der Waals surface area contributed by atoms with E-state index in [-0.39, 0.29) is 5.41 Å². The maximum absolute atomic E-state index is 2.40. The summed E-state index contributed by atoms with van der Waals surface area (Å²) in [7, 11) is 0. The van der Waals surface area contributed by atoms with Crippen molar-refractivity contribution in [2.24, 2.45) is 0 Å². The lowest BCUT2D eigenvalue weighted by atomic mass is 9.75. The minimum Gasteiger partial charge on any atom is -0.337 e. The Morgan fingerprint density at radius 1 is 0.720 bits per heavy atom. The zero-order valence-corrected chi connectivity index (χ0v) is 14.8. The molecular weight excluding hydrogens is 302 g/mol. The molecule has 0 atom stereocenters. The quantitative estimate of drug-likeness (QED) is 0.516. The van der Waals surface area contributed by atoms with Gasteiger partial charge in [0.15, 0.2) is 0 Å². The fourth-order valence-electron chi connectivity index (χ4n) is 3.83. The Morgan fingerprint density at radius 2 is 1.36 bits per heavy atom. The van der Waals surface area contributed by atoms with E-state index < -0.39 is 0 Å². The monoisotopic (exact) mass is 325 g/mol. The van der Waals surface area contributed by atoms with Crippen molar-refractivity contribution in [2.75, 3.05) is 11.4 Å². The molecule has 1 heterocycles. The largest absolute Gasteiger partial charge is 0.337 e. The van der Waals surface area contributed by atoms with Gasteiger partial charge >= 0.3 is 0 Å². The van der Waals surface area contributed by atoms with Crippen molar-refractivity contribution in [2.45, 2.75) is 19.3 Å². The third-order valence-corrected chi connectivity index (χ3v) is 5.16. The number of benzene rings is 3. The van der Waals surface area contributed by atoms with Gasteiger partial charge in [-0.05, 0) is 34.9 Å². The standard InChI is InChI=1S/C24H23N/c1-24(2)21-15-7-6-11-19(21)12-10-18-25(20-13-4-3-5-14-20)23-17-9-8-16-22(23)24/h3-17H,18H2,1-2H3/b12-10-. The first-order chi connectivity index (χ1) is 12.2. The maximum Gasteiger partial charge on any atom is 0.0455 e. The summed E-state index contributed by atoms with van der Waals surface area (Å²) in [5.41, 5.74) is 6.46. The Kier molecular flexibility index (Phi) is 3.93. The number of rotatable bonds is 1. The molecule has 1 heteroatoms. The van der Waals surface area contributed by atoms with Gasteiger partial charge < -0.3 is 4.90 Å². The zero-order valence-electron chi connectivity index (χ0n) is 14.8. The van der Waals surface area contributed by atoms with Crippen molar-refractivity contribution in [1.29, 1.82) is 0 Å².